The second kappa shape index (κ2) is 3.38. The van der Waals surface area contributed by atoms with E-state index in [1.165, 1.54) is 13.0 Å². The van der Waals surface area contributed by atoms with Crippen LogP contribution in [0.3, 0.4) is 0 Å². The molecule has 4 heteroatoms. The minimum Gasteiger partial charge on any atom is -0.395 e. The number of likely N-dealkylation sites (tertiary alicyclic amines) is 1. The fraction of sp³-hybridized carbons (Fsp3) is 0.667. The number of nitrogens with two attached hydrogens (primary N) is 1. The Morgan fingerprint density at radius 3 is 3.15 bits per heavy atom. The number of nitrogens with zero attached hydrogens (tertiary/aromatic N) is 2. The van der Waals surface area contributed by atoms with E-state index in [1.54, 1.807) is 6.20 Å². The summed E-state index contributed by atoms with van der Waals surface area (Å²) >= 11 is 0. The van der Waals surface area contributed by atoms with Crippen LogP contribution in [0.15, 0.2) is 10.7 Å². The molecule has 1 unspecified atom stereocenters. The maximum Gasteiger partial charge on any atom is 0.163 e. The molecule has 1 aliphatic rings. The van der Waals surface area contributed by atoms with E-state index in [9.17, 15) is 0 Å². The van der Waals surface area contributed by atoms with Crippen LogP contribution in [-0.4, -0.2) is 30.2 Å². The van der Waals surface area contributed by atoms with Gasteiger partial charge in [0.15, 0.2) is 5.76 Å². The summed E-state index contributed by atoms with van der Waals surface area (Å²) < 4.78 is 5.15. The monoisotopic (exact) mass is 181 g/mol. The summed E-state index contributed by atoms with van der Waals surface area (Å²) in [7, 11) is 2.12. The molecule has 1 saturated heterocycles. The molecule has 13 heavy (non-hydrogen) atoms. The van der Waals surface area contributed by atoms with Crippen LogP contribution < -0.4 is 5.73 Å². The molecular weight excluding hydrogens is 166 g/mol. The lowest BCUT2D eigenvalue weighted by Gasteiger charge is -2.28. The Balaban J connectivity index is 2.12. The summed E-state index contributed by atoms with van der Waals surface area (Å²) in [6, 6.07) is 0. The molecule has 0 bridgehead atoms. The smallest absolute Gasteiger partial charge is 0.163 e. The van der Waals surface area contributed by atoms with Gasteiger partial charge in [-0.25, -0.2) is 0 Å². The molecule has 2 N–H and O–H groups in total. The van der Waals surface area contributed by atoms with Gasteiger partial charge in [-0.2, -0.15) is 0 Å². The average molecular weight is 181 g/mol. The first-order chi connectivity index (χ1) is 6.27. The van der Waals surface area contributed by atoms with Crippen LogP contribution in [0.2, 0.25) is 0 Å². The molecule has 4 nitrogen and oxygen atoms in total. The van der Waals surface area contributed by atoms with E-state index in [-0.39, 0.29) is 0 Å². The maximum atomic E-state index is 5.74. The van der Waals surface area contributed by atoms with Gasteiger partial charge in [0.1, 0.15) is 0 Å². The highest BCUT2D eigenvalue weighted by molar-refractivity contribution is 5.40. The van der Waals surface area contributed by atoms with E-state index >= 15 is 0 Å². The lowest BCUT2D eigenvalue weighted by molar-refractivity contribution is 0.224. The highest BCUT2D eigenvalue weighted by atomic mass is 16.5. The quantitative estimate of drug-likeness (QED) is 0.704. The van der Waals surface area contributed by atoms with Crippen molar-refractivity contribution in [2.45, 2.75) is 18.8 Å². The summed E-state index contributed by atoms with van der Waals surface area (Å²) in [5.41, 5.74) is 6.44. The Morgan fingerprint density at radius 2 is 2.54 bits per heavy atom. The van der Waals surface area contributed by atoms with Crippen LogP contribution >= 0.6 is 0 Å². The Bertz CT molecular complexity index is 284. The van der Waals surface area contributed by atoms with E-state index in [0.717, 1.165) is 18.7 Å². The standard InChI is InChI=1S/C9H15N3O/c1-12-4-2-3-7(6-12)9-8(10)5-11-13-9/h5,7H,2-4,6,10H2,1H3. The Labute approximate surface area is 77.7 Å². The van der Waals surface area contributed by atoms with Crippen molar-refractivity contribution < 1.29 is 4.52 Å². The second-order valence-corrected chi connectivity index (χ2v) is 3.75. The molecule has 0 aliphatic carbocycles. The molecule has 1 aliphatic heterocycles. The van der Waals surface area contributed by atoms with Gasteiger partial charge >= 0.3 is 0 Å². The molecule has 1 fully saturated rings. The third-order valence-corrected chi connectivity index (χ3v) is 2.62. The number of anilines is 1. The zero-order valence-corrected chi connectivity index (χ0v) is 7.86. The largest absolute Gasteiger partial charge is 0.395 e. The van der Waals surface area contributed by atoms with Gasteiger partial charge in [-0.3, -0.25) is 0 Å². The van der Waals surface area contributed by atoms with Crippen LogP contribution in [0, 0.1) is 0 Å². The predicted octanol–water partition coefficient (Wildman–Crippen LogP) is 1.07. The fourth-order valence-corrected chi connectivity index (χ4v) is 1.95. The molecule has 2 rings (SSSR count). The van der Waals surface area contributed by atoms with Gasteiger partial charge in [0.2, 0.25) is 0 Å². The number of likely N-dealkylation sites (N-methyl/N-ethyl adjacent to an activating group) is 1. The highest BCUT2D eigenvalue weighted by Gasteiger charge is 2.23. The van der Waals surface area contributed by atoms with E-state index in [0.29, 0.717) is 11.6 Å². The van der Waals surface area contributed by atoms with Crippen LogP contribution in [-0.2, 0) is 0 Å². The first kappa shape index (κ1) is 8.56. The second-order valence-electron chi connectivity index (χ2n) is 3.75. The molecule has 1 atom stereocenters. The van der Waals surface area contributed by atoms with Gasteiger partial charge in [-0.15, -0.1) is 0 Å². The number of rotatable bonds is 1. The first-order valence-electron chi connectivity index (χ1n) is 4.66. The SMILES string of the molecule is CN1CCCC(c2oncc2N)C1. The van der Waals surface area contributed by atoms with Gasteiger partial charge in [0.25, 0.3) is 0 Å². The van der Waals surface area contributed by atoms with Crippen LogP contribution in [0.25, 0.3) is 0 Å². The molecule has 0 saturated carbocycles. The van der Waals surface area contributed by atoms with Crippen molar-refractivity contribution in [1.82, 2.24) is 10.1 Å². The van der Waals surface area contributed by atoms with Crippen molar-refractivity contribution in [3.8, 4) is 0 Å². The lowest BCUT2D eigenvalue weighted by atomic mass is 9.95. The maximum absolute atomic E-state index is 5.74. The van der Waals surface area contributed by atoms with Crippen molar-refractivity contribution in [2.24, 2.45) is 0 Å². The van der Waals surface area contributed by atoms with E-state index in [1.807, 2.05) is 0 Å². The summed E-state index contributed by atoms with van der Waals surface area (Å²) in [6.45, 7) is 2.20. The van der Waals surface area contributed by atoms with Gasteiger partial charge in [-0.05, 0) is 26.4 Å². The third kappa shape index (κ3) is 1.67. The minimum atomic E-state index is 0.432. The summed E-state index contributed by atoms with van der Waals surface area (Å²) in [5.74, 6) is 1.30. The van der Waals surface area contributed by atoms with E-state index in [4.69, 9.17) is 10.3 Å². The molecule has 0 radical (unpaired) electrons. The highest BCUT2D eigenvalue weighted by Crippen LogP contribution is 2.29. The molecule has 1 aromatic rings. The van der Waals surface area contributed by atoms with Gasteiger partial charge in [0.05, 0.1) is 11.9 Å². The minimum absolute atomic E-state index is 0.432. The van der Waals surface area contributed by atoms with Crippen LogP contribution in [0.5, 0.6) is 0 Å². The van der Waals surface area contributed by atoms with Crippen LogP contribution in [0.4, 0.5) is 5.69 Å². The van der Waals surface area contributed by atoms with Crippen molar-refractivity contribution in [2.75, 3.05) is 25.9 Å². The van der Waals surface area contributed by atoms with Crippen molar-refractivity contribution in [3.63, 3.8) is 0 Å². The Hall–Kier alpha value is -1.03. The lowest BCUT2D eigenvalue weighted by Crippen LogP contribution is -2.30. The molecule has 0 aromatic carbocycles. The summed E-state index contributed by atoms with van der Waals surface area (Å²) in [4.78, 5) is 2.30. The average Bonchev–Trinajstić information content (AvgIpc) is 2.51. The molecule has 0 spiro atoms. The molecule has 0 amide bonds. The van der Waals surface area contributed by atoms with Crippen molar-refractivity contribution in [1.29, 1.82) is 0 Å². The van der Waals surface area contributed by atoms with Crippen molar-refractivity contribution in [3.05, 3.63) is 12.0 Å². The number of hydrogen-bond donors (Lipinski definition) is 1. The molecule has 1 aromatic heterocycles. The Kier molecular flexibility index (Phi) is 2.22. The number of piperidine rings is 1. The molecular formula is C9H15N3O. The zero-order chi connectivity index (χ0) is 9.26. The summed E-state index contributed by atoms with van der Waals surface area (Å²) in [6.07, 6.45) is 3.95. The normalized spacial score (nSPS) is 24.8. The van der Waals surface area contributed by atoms with Gasteiger partial charge < -0.3 is 15.2 Å². The van der Waals surface area contributed by atoms with E-state index < -0.39 is 0 Å². The molecule has 2 heterocycles. The van der Waals surface area contributed by atoms with E-state index in [2.05, 4.69) is 17.1 Å². The van der Waals surface area contributed by atoms with Gasteiger partial charge in [-0.1, -0.05) is 5.16 Å². The van der Waals surface area contributed by atoms with Crippen LogP contribution in [0.1, 0.15) is 24.5 Å². The zero-order valence-electron chi connectivity index (χ0n) is 7.86. The molecule has 72 valence electrons. The third-order valence-electron chi connectivity index (χ3n) is 2.62. The first-order valence-corrected chi connectivity index (χ1v) is 4.66. The number of aromatic nitrogens is 1. The predicted molar refractivity (Wildman–Crippen MR) is 50.4 cm³/mol. The topological polar surface area (TPSA) is 55.3 Å². The number of hydrogen-bond acceptors (Lipinski definition) is 4. The number of nitrogen functional groups attached to an aromatic ring is 1. The van der Waals surface area contributed by atoms with Gasteiger partial charge in [0, 0.05) is 12.5 Å². The Morgan fingerprint density at radius 1 is 1.69 bits per heavy atom. The fourth-order valence-electron chi connectivity index (χ4n) is 1.95. The summed E-state index contributed by atoms with van der Waals surface area (Å²) in [5, 5.41) is 3.70. The van der Waals surface area contributed by atoms with Crippen molar-refractivity contribution >= 4 is 5.69 Å².